The Labute approximate surface area is 239 Å². The van der Waals surface area contributed by atoms with Crippen molar-refractivity contribution in [3.8, 4) is 0 Å². The highest BCUT2D eigenvalue weighted by Gasteiger charge is 2.15. The van der Waals surface area contributed by atoms with Crippen LogP contribution in [0.1, 0.15) is 41.8 Å². The minimum Gasteiger partial charge on any atom is -0.351 e. The van der Waals surface area contributed by atoms with Gasteiger partial charge in [-0.05, 0) is 60.7 Å². The first-order valence-corrected chi connectivity index (χ1v) is 13.2. The zero-order valence-corrected chi connectivity index (χ0v) is 22.4. The lowest BCUT2D eigenvalue weighted by molar-refractivity contribution is 0.0942. The molecule has 13 nitrogen and oxygen atoms in total. The third kappa shape index (κ3) is 6.27. The van der Waals surface area contributed by atoms with Crippen LogP contribution in [0.2, 0.25) is 0 Å². The van der Waals surface area contributed by atoms with Gasteiger partial charge in [-0.2, -0.15) is 0 Å². The molecule has 0 aliphatic heterocycles. The number of carbonyl (C=O) groups is 4. The fourth-order valence-corrected chi connectivity index (χ4v) is 4.32. The van der Waals surface area contributed by atoms with Crippen LogP contribution in [0.4, 0.5) is 11.4 Å². The molecule has 0 radical (unpaired) electrons. The number of rotatable bonds is 10. The Kier molecular flexibility index (Phi) is 8.22. The van der Waals surface area contributed by atoms with Gasteiger partial charge in [0.15, 0.2) is 0 Å². The molecule has 0 spiro atoms. The Morgan fingerprint density at radius 3 is 1.69 bits per heavy atom. The topological polar surface area (TPSA) is 213 Å². The second-order valence-electron chi connectivity index (χ2n) is 9.40. The molecule has 0 saturated carbocycles. The molecule has 10 N–H and O–H groups in total. The Hall–Kier alpha value is -5.53. The maximum absolute atomic E-state index is 13.0. The number of nitrogens with one attached hydrogen (secondary N) is 6. The lowest BCUT2D eigenvalue weighted by Crippen LogP contribution is -2.29. The maximum Gasteiger partial charge on any atom is 0.274 e. The molecular formula is C29H29N9O4. The fourth-order valence-electron chi connectivity index (χ4n) is 4.32. The van der Waals surface area contributed by atoms with Crippen molar-refractivity contribution in [2.45, 2.75) is 0 Å². The first kappa shape index (κ1) is 28.0. The number of fused-ring (bicyclic) bond motifs is 2. The fraction of sp³-hybridized carbons (Fsp3) is 0.138. The number of carbonyl (C=O) groups excluding carboxylic acids is 4. The van der Waals surface area contributed by atoms with E-state index in [9.17, 15) is 19.2 Å². The van der Waals surface area contributed by atoms with Gasteiger partial charge in [-0.3, -0.25) is 24.2 Å². The summed E-state index contributed by atoms with van der Waals surface area (Å²) < 4.78 is 0. The second kappa shape index (κ2) is 12.3. The highest BCUT2D eigenvalue weighted by Crippen LogP contribution is 2.22. The van der Waals surface area contributed by atoms with Crippen LogP contribution in [0, 0.1) is 0 Å². The van der Waals surface area contributed by atoms with Crippen LogP contribution in [0.5, 0.6) is 0 Å². The number of hydrogen-bond acceptors (Lipinski definition) is 7. The number of nitrogens with zero attached hydrogens (tertiary/aromatic N) is 1. The van der Waals surface area contributed by atoms with Crippen molar-refractivity contribution in [1.82, 2.24) is 25.6 Å². The summed E-state index contributed by atoms with van der Waals surface area (Å²) in [5.74, 6) is -1.48. The van der Waals surface area contributed by atoms with Crippen LogP contribution in [0.3, 0.4) is 0 Å². The molecule has 0 atom stereocenters. The molecule has 13 heteroatoms. The zero-order chi connectivity index (χ0) is 29.6. The van der Waals surface area contributed by atoms with Crippen molar-refractivity contribution >= 4 is 56.8 Å². The smallest absolute Gasteiger partial charge is 0.274 e. The zero-order valence-electron chi connectivity index (χ0n) is 22.4. The minimum absolute atomic E-state index is 0.0490. The summed E-state index contributed by atoms with van der Waals surface area (Å²) in [4.78, 5) is 60.5. The summed E-state index contributed by atoms with van der Waals surface area (Å²) in [6.07, 6.45) is 1.38. The average molecular weight is 568 g/mol. The van der Waals surface area contributed by atoms with E-state index in [2.05, 4.69) is 36.2 Å². The Bertz CT molecular complexity index is 1680. The molecule has 4 amide bonds. The number of aromatic nitrogens is 3. The molecule has 214 valence electrons. The second-order valence-corrected chi connectivity index (χ2v) is 9.40. The number of H-pyrrole nitrogens is 2. The molecule has 3 heterocycles. The first-order chi connectivity index (χ1) is 20.3. The molecule has 2 aromatic carbocycles. The first-order valence-electron chi connectivity index (χ1n) is 13.2. The standard InChI is InChI=1S/C29H29N9O4/c30-6-9-33-27(40)24-14-17-11-19(1-3-21(17)37-24)35-26(39)16-5-8-32-23(13-16)29(42)36-20-2-4-22-18(12-20)15-25(38-22)28(41)34-10-7-31/h1-5,8,11-15,37-38H,6-7,9-10,30-31H2,(H,33,40)(H,34,41)(H,35,39)(H,36,42). The van der Waals surface area contributed by atoms with Crippen molar-refractivity contribution in [2.75, 3.05) is 36.8 Å². The molecule has 0 unspecified atom stereocenters. The van der Waals surface area contributed by atoms with Gasteiger partial charge < -0.3 is 42.7 Å². The number of amides is 4. The van der Waals surface area contributed by atoms with E-state index in [1.807, 2.05) is 0 Å². The molecule has 5 aromatic rings. The molecule has 3 aromatic heterocycles. The van der Waals surface area contributed by atoms with Gasteiger partial charge in [0, 0.05) is 71.1 Å². The molecule has 0 aliphatic carbocycles. The highest BCUT2D eigenvalue weighted by molar-refractivity contribution is 6.09. The van der Waals surface area contributed by atoms with E-state index in [0.29, 0.717) is 48.9 Å². The van der Waals surface area contributed by atoms with Gasteiger partial charge in [-0.15, -0.1) is 0 Å². The summed E-state index contributed by atoms with van der Waals surface area (Å²) in [5, 5.41) is 12.5. The summed E-state index contributed by atoms with van der Waals surface area (Å²) >= 11 is 0. The van der Waals surface area contributed by atoms with Crippen LogP contribution in [0.25, 0.3) is 21.8 Å². The minimum atomic E-state index is -0.505. The largest absolute Gasteiger partial charge is 0.351 e. The summed E-state index contributed by atoms with van der Waals surface area (Å²) in [6.45, 7) is 1.39. The average Bonchev–Trinajstić information content (AvgIpc) is 3.62. The molecule has 0 saturated heterocycles. The normalized spacial score (nSPS) is 10.9. The number of nitrogens with two attached hydrogens (primary N) is 2. The molecule has 0 aliphatic rings. The van der Waals surface area contributed by atoms with E-state index in [0.717, 1.165) is 21.8 Å². The van der Waals surface area contributed by atoms with Crippen molar-refractivity contribution in [2.24, 2.45) is 11.5 Å². The SMILES string of the molecule is NCCNC(=O)c1cc2cc(NC(=O)c3ccnc(C(=O)Nc4ccc5[nH]c(C(=O)NCCN)cc5c4)c3)ccc2[nH]1. The monoisotopic (exact) mass is 567 g/mol. The quantitative estimate of drug-likeness (QED) is 0.125. The van der Waals surface area contributed by atoms with E-state index >= 15 is 0 Å². The molecular weight excluding hydrogens is 538 g/mol. The van der Waals surface area contributed by atoms with E-state index in [4.69, 9.17) is 11.5 Å². The number of aromatic amines is 2. The van der Waals surface area contributed by atoms with Crippen molar-refractivity contribution in [1.29, 1.82) is 0 Å². The van der Waals surface area contributed by atoms with Gasteiger partial charge >= 0.3 is 0 Å². The third-order valence-electron chi connectivity index (χ3n) is 6.36. The van der Waals surface area contributed by atoms with Gasteiger partial charge in [0.2, 0.25) is 0 Å². The van der Waals surface area contributed by atoms with Gasteiger partial charge in [-0.1, -0.05) is 0 Å². The van der Waals surface area contributed by atoms with Crippen molar-refractivity contribution < 1.29 is 19.2 Å². The summed E-state index contributed by atoms with van der Waals surface area (Å²) in [7, 11) is 0. The van der Waals surface area contributed by atoms with Crippen molar-refractivity contribution in [3.63, 3.8) is 0 Å². The number of anilines is 2. The maximum atomic E-state index is 13.0. The number of pyridine rings is 1. The van der Waals surface area contributed by atoms with E-state index < -0.39 is 11.8 Å². The summed E-state index contributed by atoms with van der Waals surface area (Å²) in [6, 6.07) is 16.6. The van der Waals surface area contributed by atoms with E-state index in [1.165, 1.54) is 18.3 Å². The number of hydrogen-bond donors (Lipinski definition) is 8. The molecule has 5 rings (SSSR count). The van der Waals surface area contributed by atoms with Crippen LogP contribution in [-0.2, 0) is 0 Å². The van der Waals surface area contributed by atoms with Crippen molar-refractivity contribution in [3.05, 3.63) is 89.5 Å². The van der Waals surface area contributed by atoms with Gasteiger partial charge in [0.1, 0.15) is 17.1 Å². The Morgan fingerprint density at radius 2 is 1.17 bits per heavy atom. The predicted octanol–water partition coefficient (Wildman–Crippen LogP) is 1.93. The highest BCUT2D eigenvalue weighted by atomic mass is 16.2. The van der Waals surface area contributed by atoms with Crippen LogP contribution >= 0.6 is 0 Å². The van der Waals surface area contributed by atoms with Gasteiger partial charge in [0.05, 0.1) is 0 Å². The third-order valence-corrected chi connectivity index (χ3v) is 6.36. The predicted molar refractivity (Wildman–Crippen MR) is 160 cm³/mol. The number of benzene rings is 2. The van der Waals surface area contributed by atoms with Crippen LogP contribution < -0.4 is 32.7 Å². The lowest BCUT2D eigenvalue weighted by Gasteiger charge is -2.08. The van der Waals surface area contributed by atoms with Gasteiger partial charge in [-0.25, -0.2) is 0 Å². The van der Waals surface area contributed by atoms with E-state index in [1.54, 1.807) is 48.5 Å². The summed E-state index contributed by atoms with van der Waals surface area (Å²) in [5.41, 5.74) is 14.4. The van der Waals surface area contributed by atoms with Crippen LogP contribution in [-0.4, -0.2) is 64.8 Å². The Morgan fingerprint density at radius 1 is 0.643 bits per heavy atom. The molecule has 0 bridgehead atoms. The lowest BCUT2D eigenvalue weighted by atomic mass is 10.1. The van der Waals surface area contributed by atoms with Crippen LogP contribution in [0.15, 0.2) is 66.9 Å². The van der Waals surface area contributed by atoms with E-state index in [-0.39, 0.29) is 23.1 Å². The Balaban J connectivity index is 1.26. The molecule has 0 fully saturated rings. The molecule has 42 heavy (non-hydrogen) atoms. The van der Waals surface area contributed by atoms with Gasteiger partial charge in [0.25, 0.3) is 23.6 Å².